The van der Waals surface area contributed by atoms with Gasteiger partial charge in [-0.2, -0.15) is 0 Å². The lowest BCUT2D eigenvalue weighted by atomic mass is 10.1. The van der Waals surface area contributed by atoms with Gasteiger partial charge in [-0.15, -0.1) is 0 Å². The molecule has 0 radical (unpaired) electrons. The summed E-state index contributed by atoms with van der Waals surface area (Å²) in [4.78, 5) is 3.48. The molecule has 1 unspecified atom stereocenters. The molecule has 0 bridgehead atoms. The van der Waals surface area contributed by atoms with E-state index < -0.39 is 0 Å². The Morgan fingerprint density at radius 2 is 2.00 bits per heavy atom. The number of rotatable bonds is 6. The second kappa shape index (κ2) is 8.41. The molecule has 1 aliphatic heterocycles. The number of nitrogens with zero attached hydrogens (tertiary/aromatic N) is 1. The fraction of sp³-hybridized carbons (Fsp3) is 0.381. The van der Waals surface area contributed by atoms with Crippen molar-refractivity contribution >= 4 is 17.2 Å². The minimum absolute atomic E-state index is 0.594. The lowest BCUT2D eigenvalue weighted by Crippen LogP contribution is -2.40. The highest BCUT2D eigenvalue weighted by atomic mass is 32.1. The topological polar surface area (TPSA) is 15.3 Å². The van der Waals surface area contributed by atoms with Crippen LogP contribution in [0.5, 0.6) is 0 Å². The normalized spacial score (nSPS) is 17.8. The molecule has 0 amide bonds. The number of thiocarbonyl (C=S) groups is 1. The zero-order valence-electron chi connectivity index (χ0n) is 14.4. The van der Waals surface area contributed by atoms with Gasteiger partial charge < -0.3 is 5.32 Å². The van der Waals surface area contributed by atoms with Crippen LogP contribution in [0.1, 0.15) is 29.5 Å². The minimum Gasteiger partial charge on any atom is -0.374 e. The zero-order valence-corrected chi connectivity index (χ0v) is 15.2. The Hall–Kier alpha value is -1.71. The Balaban J connectivity index is 1.50. The summed E-state index contributed by atoms with van der Waals surface area (Å²) in [5, 5.41) is 3.49. The van der Waals surface area contributed by atoms with Crippen LogP contribution in [0.4, 0.5) is 0 Å². The van der Waals surface area contributed by atoms with E-state index in [-0.39, 0.29) is 0 Å². The lowest BCUT2D eigenvalue weighted by molar-refractivity contribution is 0.257. The SMILES string of the molecule is Cc1cccc(C(=S)NCC2CCCN2CCc2ccccc2)c1. The van der Waals surface area contributed by atoms with E-state index >= 15 is 0 Å². The van der Waals surface area contributed by atoms with Gasteiger partial charge in [-0.25, -0.2) is 0 Å². The fourth-order valence-electron chi connectivity index (χ4n) is 3.44. The molecule has 24 heavy (non-hydrogen) atoms. The summed E-state index contributed by atoms with van der Waals surface area (Å²) in [6, 6.07) is 19.8. The Labute approximate surface area is 150 Å². The average molecular weight is 339 g/mol. The average Bonchev–Trinajstić information content (AvgIpc) is 3.06. The maximum Gasteiger partial charge on any atom is 0.106 e. The second-order valence-corrected chi connectivity index (χ2v) is 7.06. The Bertz CT molecular complexity index is 669. The first-order valence-electron chi connectivity index (χ1n) is 8.85. The van der Waals surface area contributed by atoms with Crippen LogP contribution >= 0.6 is 12.2 Å². The van der Waals surface area contributed by atoms with Crippen LogP contribution in [-0.2, 0) is 6.42 Å². The van der Waals surface area contributed by atoms with Gasteiger partial charge in [0.25, 0.3) is 0 Å². The third kappa shape index (κ3) is 4.65. The molecular weight excluding hydrogens is 312 g/mol. The highest BCUT2D eigenvalue weighted by molar-refractivity contribution is 7.80. The van der Waals surface area contributed by atoms with E-state index in [2.05, 4.69) is 71.7 Å². The maximum absolute atomic E-state index is 5.56. The first-order valence-corrected chi connectivity index (χ1v) is 9.26. The van der Waals surface area contributed by atoms with E-state index in [4.69, 9.17) is 12.2 Å². The monoisotopic (exact) mass is 338 g/mol. The van der Waals surface area contributed by atoms with Crippen LogP contribution in [0.15, 0.2) is 54.6 Å². The van der Waals surface area contributed by atoms with Gasteiger partial charge in [0, 0.05) is 24.7 Å². The molecule has 1 N–H and O–H groups in total. The molecule has 1 aliphatic rings. The van der Waals surface area contributed by atoms with Crippen LogP contribution in [0.3, 0.4) is 0 Å². The van der Waals surface area contributed by atoms with Gasteiger partial charge in [0.15, 0.2) is 0 Å². The van der Waals surface area contributed by atoms with Gasteiger partial charge in [0.2, 0.25) is 0 Å². The molecule has 3 heteroatoms. The molecule has 2 aromatic carbocycles. The smallest absolute Gasteiger partial charge is 0.106 e. The first-order chi connectivity index (χ1) is 11.7. The quantitative estimate of drug-likeness (QED) is 0.803. The van der Waals surface area contributed by atoms with Crippen molar-refractivity contribution in [1.82, 2.24) is 10.2 Å². The molecular formula is C21H26N2S. The summed E-state index contributed by atoms with van der Waals surface area (Å²) in [5.41, 5.74) is 3.80. The highest BCUT2D eigenvalue weighted by Gasteiger charge is 2.24. The standard InChI is InChI=1S/C21H26N2S/c1-17-7-5-10-19(15-17)21(24)22-16-20-11-6-13-23(20)14-12-18-8-3-2-4-9-18/h2-5,7-10,15,20H,6,11-14,16H2,1H3,(H,22,24). The van der Waals surface area contributed by atoms with Crippen LogP contribution in [0.25, 0.3) is 0 Å². The van der Waals surface area contributed by atoms with E-state index in [0.717, 1.165) is 30.1 Å². The van der Waals surface area contributed by atoms with Crippen molar-refractivity contribution in [2.75, 3.05) is 19.6 Å². The van der Waals surface area contributed by atoms with E-state index in [1.54, 1.807) is 0 Å². The van der Waals surface area contributed by atoms with Gasteiger partial charge in [-0.1, -0.05) is 66.3 Å². The van der Waals surface area contributed by atoms with Crippen molar-refractivity contribution in [2.45, 2.75) is 32.2 Å². The predicted molar refractivity (Wildman–Crippen MR) is 106 cm³/mol. The van der Waals surface area contributed by atoms with Crippen LogP contribution in [0, 0.1) is 6.92 Å². The minimum atomic E-state index is 0.594. The molecule has 126 valence electrons. The number of benzene rings is 2. The van der Waals surface area contributed by atoms with Gasteiger partial charge in [0.05, 0.1) is 0 Å². The largest absolute Gasteiger partial charge is 0.374 e. The molecule has 2 aromatic rings. The van der Waals surface area contributed by atoms with Gasteiger partial charge in [-0.05, 0) is 44.4 Å². The molecule has 1 fully saturated rings. The number of hydrogen-bond acceptors (Lipinski definition) is 2. The van der Waals surface area contributed by atoms with Crippen molar-refractivity contribution in [3.05, 3.63) is 71.3 Å². The third-order valence-electron chi connectivity index (χ3n) is 4.81. The molecule has 3 rings (SSSR count). The number of hydrogen-bond donors (Lipinski definition) is 1. The summed E-state index contributed by atoms with van der Waals surface area (Å²) in [7, 11) is 0. The molecule has 0 aromatic heterocycles. The van der Waals surface area contributed by atoms with E-state index in [9.17, 15) is 0 Å². The molecule has 0 aliphatic carbocycles. The van der Waals surface area contributed by atoms with E-state index in [1.807, 2.05) is 0 Å². The number of aryl methyl sites for hydroxylation is 1. The summed E-state index contributed by atoms with van der Waals surface area (Å²) in [6.45, 7) is 5.39. The summed E-state index contributed by atoms with van der Waals surface area (Å²) < 4.78 is 0. The molecule has 1 heterocycles. The summed E-state index contributed by atoms with van der Waals surface area (Å²) >= 11 is 5.56. The molecule has 2 nitrogen and oxygen atoms in total. The van der Waals surface area contributed by atoms with Crippen molar-refractivity contribution in [2.24, 2.45) is 0 Å². The molecule has 1 saturated heterocycles. The van der Waals surface area contributed by atoms with Crippen molar-refractivity contribution in [3.8, 4) is 0 Å². The van der Waals surface area contributed by atoms with Crippen LogP contribution in [0.2, 0.25) is 0 Å². The Morgan fingerprint density at radius 1 is 1.17 bits per heavy atom. The van der Waals surface area contributed by atoms with Gasteiger partial charge in [0.1, 0.15) is 4.99 Å². The van der Waals surface area contributed by atoms with Gasteiger partial charge in [-0.3, -0.25) is 4.90 Å². The number of nitrogens with one attached hydrogen (secondary N) is 1. The van der Waals surface area contributed by atoms with Crippen LogP contribution in [-0.4, -0.2) is 35.6 Å². The fourth-order valence-corrected chi connectivity index (χ4v) is 3.65. The Kier molecular flexibility index (Phi) is 6.00. The lowest BCUT2D eigenvalue weighted by Gasteiger charge is -2.25. The van der Waals surface area contributed by atoms with Crippen molar-refractivity contribution in [3.63, 3.8) is 0 Å². The van der Waals surface area contributed by atoms with E-state index in [0.29, 0.717) is 6.04 Å². The van der Waals surface area contributed by atoms with E-state index in [1.165, 1.54) is 30.5 Å². The third-order valence-corrected chi connectivity index (χ3v) is 5.19. The maximum atomic E-state index is 5.56. The van der Waals surface area contributed by atoms with Gasteiger partial charge >= 0.3 is 0 Å². The second-order valence-electron chi connectivity index (χ2n) is 6.65. The predicted octanol–water partition coefficient (Wildman–Crippen LogP) is 3.97. The van der Waals surface area contributed by atoms with Crippen molar-refractivity contribution in [1.29, 1.82) is 0 Å². The number of likely N-dealkylation sites (tertiary alicyclic amines) is 1. The van der Waals surface area contributed by atoms with Crippen molar-refractivity contribution < 1.29 is 0 Å². The first kappa shape index (κ1) is 17.1. The Morgan fingerprint density at radius 3 is 2.79 bits per heavy atom. The molecule has 1 atom stereocenters. The molecule has 0 saturated carbocycles. The highest BCUT2D eigenvalue weighted by Crippen LogP contribution is 2.17. The summed E-state index contributed by atoms with van der Waals surface area (Å²) in [6.07, 6.45) is 3.68. The summed E-state index contributed by atoms with van der Waals surface area (Å²) in [5.74, 6) is 0. The zero-order chi connectivity index (χ0) is 16.8. The molecule has 0 spiro atoms. The van der Waals surface area contributed by atoms with Crippen LogP contribution < -0.4 is 5.32 Å².